The third-order valence-corrected chi connectivity index (χ3v) is 3.76. The number of carbonyl (C=O) groups excluding carboxylic acids is 2. The Morgan fingerprint density at radius 3 is 2.70 bits per heavy atom. The number of nitro benzene ring substituents is 1. The average molecular weight is 342 g/mol. The van der Waals surface area contributed by atoms with Gasteiger partial charge in [-0.1, -0.05) is 15.9 Å². The van der Waals surface area contributed by atoms with E-state index in [1.54, 1.807) is 6.07 Å². The number of hydrogen-bond donors (Lipinski definition) is 1. The van der Waals surface area contributed by atoms with Crippen LogP contribution in [-0.4, -0.2) is 34.7 Å². The smallest absolute Gasteiger partial charge is 0.283 e. The van der Waals surface area contributed by atoms with Gasteiger partial charge in [-0.3, -0.25) is 19.7 Å². The zero-order chi connectivity index (χ0) is 14.9. The van der Waals surface area contributed by atoms with Gasteiger partial charge < -0.3 is 10.6 Å². The van der Waals surface area contributed by atoms with Crippen molar-refractivity contribution in [1.82, 2.24) is 4.90 Å². The van der Waals surface area contributed by atoms with Crippen LogP contribution >= 0.6 is 15.9 Å². The lowest BCUT2D eigenvalue weighted by Gasteiger charge is -2.16. The monoisotopic (exact) mass is 341 g/mol. The van der Waals surface area contributed by atoms with Gasteiger partial charge in [-0.05, 0) is 18.6 Å². The minimum absolute atomic E-state index is 0.0170. The number of halogens is 1. The molecule has 0 aromatic heterocycles. The van der Waals surface area contributed by atoms with Gasteiger partial charge in [0.25, 0.3) is 11.6 Å². The third-order valence-electron chi connectivity index (χ3n) is 3.26. The van der Waals surface area contributed by atoms with Gasteiger partial charge in [0, 0.05) is 23.6 Å². The minimum atomic E-state index is -0.598. The van der Waals surface area contributed by atoms with E-state index < -0.39 is 16.7 Å². The van der Waals surface area contributed by atoms with Gasteiger partial charge in [0.1, 0.15) is 5.56 Å². The lowest BCUT2D eigenvalue weighted by atomic mass is 10.1. The Labute approximate surface area is 123 Å². The zero-order valence-electron chi connectivity index (χ0n) is 10.4. The van der Waals surface area contributed by atoms with Crippen molar-refractivity contribution in [2.45, 2.75) is 6.42 Å². The highest BCUT2D eigenvalue weighted by atomic mass is 79.9. The van der Waals surface area contributed by atoms with Crippen molar-refractivity contribution in [3.05, 3.63) is 38.3 Å². The van der Waals surface area contributed by atoms with Crippen LogP contribution in [-0.2, 0) is 4.79 Å². The third kappa shape index (κ3) is 2.79. The van der Waals surface area contributed by atoms with Crippen molar-refractivity contribution in [3.63, 3.8) is 0 Å². The first-order valence-electron chi connectivity index (χ1n) is 5.92. The number of benzene rings is 1. The van der Waals surface area contributed by atoms with E-state index in [1.165, 1.54) is 17.0 Å². The quantitative estimate of drug-likeness (QED) is 0.660. The van der Waals surface area contributed by atoms with Crippen LogP contribution in [0.3, 0.4) is 0 Å². The molecule has 0 radical (unpaired) electrons. The fourth-order valence-electron chi connectivity index (χ4n) is 2.18. The summed E-state index contributed by atoms with van der Waals surface area (Å²) < 4.78 is 0.525. The van der Waals surface area contributed by atoms with Crippen molar-refractivity contribution in [2.75, 3.05) is 13.1 Å². The van der Waals surface area contributed by atoms with Crippen molar-refractivity contribution >= 4 is 33.4 Å². The van der Waals surface area contributed by atoms with Gasteiger partial charge in [0.2, 0.25) is 5.91 Å². The minimum Gasteiger partial charge on any atom is -0.369 e. The Balaban J connectivity index is 2.26. The second-order valence-corrected chi connectivity index (χ2v) is 5.47. The molecule has 1 atom stereocenters. The van der Waals surface area contributed by atoms with Crippen molar-refractivity contribution in [1.29, 1.82) is 0 Å². The molecule has 1 heterocycles. The van der Waals surface area contributed by atoms with E-state index in [0.717, 1.165) is 0 Å². The van der Waals surface area contributed by atoms with Crippen LogP contribution in [0.5, 0.6) is 0 Å². The summed E-state index contributed by atoms with van der Waals surface area (Å²) in [6.07, 6.45) is 0.491. The summed E-state index contributed by atoms with van der Waals surface area (Å²) in [5, 5.41) is 11.0. The number of rotatable bonds is 3. The molecule has 0 bridgehead atoms. The van der Waals surface area contributed by atoms with E-state index in [1.807, 2.05) is 0 Å². The topological polar surface area (TPSA) is 107 Å². The van der Waals surface area contributed by atoms with E-state index in [9.17, 15) is 19.7 Å². The number of amides is 2. The van der Waals surface area contributed by atoms with Crippen molar-refractivity contribution in [2.24, 2.45) is 11.7 Å². The van der Waals surface area contributed by atoms with Gasteiger partial charge in [0.05, 0.1) is 10.8 Å². The summed E-state index contributed by atoms with van der Waals surface area (Å²) in [5.41, 5.74) is 4.96. The second kappa shape index (κ2) is 5.58. The average Bonchev–Trinajstić information content (AvgIpc) is 2.87. The fraction of sp³-hybridized carbons (Fsp3) is 0.333. The number of primary amides is 1. The SMILES string of the molecule is NC(=O)[C@H]1CCN(C(=O)c2ccc(Br)cc2[N+](=O)[O-])C1. The molecular weight excluding hydrogens is 330 g/mol. The highest BCUT2D eigenvalue weighted by molar-refractivity contribution is 9.10. The van der Waals surface area contributed by atoms with Crippen LogP contribution in [0.2, 0.25) is 0 Å². The van der Waals surface area contributed by atoms with Crippen LogP contribution in [0.4, 0.5) is 5.69 Å². The Hall–Kier alpha value is -1.96. The van der Waals surface area contributed by atoms with Gasteiger partial charge in [-0.25, -0.2) is 0 Å². The van der Waals surface area contributed by atoms with Crippen LogP contribution in [0.15, 0.2) is 22.7 Å². The van der Waals surface area contributed by atoms with Crippen molar-refractivity contribution in [3.8, 4) is 0 Å². The molecule has 2 N–H and O–H groups in total. The maximum Gasteiger partial charge on any atom is 0.283 e. The molecular formula is C12H12BrN3O4. The summed E-state index contributed by atoms with van der Waals surface area (Å²) in [5.74, 6) is -1.29. The molecule has 2 rings (SSSR count). The molecule has 0 saturated carbocycles. The zero-order valence-corrected chi connectivity index (χ0v) is 12.0. The summed E-state index contributed by atoms with van der Waals surface area (Å²) >= 11 is 3.14. The molecule has 1 aromatic carbocycles. The van der Waals surface area contributed by atoms with Gasteiger partial charge in [-0.15, -0.1) is 0 Å². The molecule has 1 saturated heterocycles. The summed E-state index contributed by atoms with van der Waals surface area (Å²) in [6, 6.07) is 4.26. The molecule has 8 heteroatoms. The van der Waals surface area contributed by atoms with Gasteiger partial charge in [-0.2, -0.15) is 0 Å². The number of nitrogens with zero attached hydrogens (tertiary/aromatic N) is 2. The first-order chi connectivity index (χ1) is 9.40. The molecule has 106 valence electrons. The van der Waals surface area contributed by atoms with E-state index in [-0.39, 0.29) is 23.7 Å². The molecule has 1 aromatic rings. The fourth-order valence-corrected chi connectivity index (χ4v) is 2.53. The highest BCUT2D eigenvalue weighted by Crippen LogP contribution is 2.26. The van der Waals surface area contributed by atoms with Crippen LogP contribution in [0.1, 0.15) is 16.8 Å². The lowest BCUT2D eigenvalue weighted by Crippen LogP contribution is -2.32. The summed E-state index contributed by atoms with van der Waals surface area (Å²) in [4.78, 5) is 35.2. The first kappa shape index (κ1) is 14.4. The molecule has 0 aliphatic carbocycles. The maximum atomic E-state index is 12.3. The molecule has 1 aliphatic heterocycles. The molecule has 20 heavy (non-hydrogen) atoms. The molecule has 2 amide bonds. The number of nitro groups is 1. The predicted molar refractivity (Wildman–Crippen MR) is 74.0 cm³/mol. The molecule has 0 spiro atoms. The number of nitrogens with two attached hydrogens (primary N) is 1. The Morgan fingerprint density at radius 1 is 1.45 bits per heavy atom. The van der Waals surface area contributed by atoms with Crippen molar-refractivity contribution < 1.29 is 14.5 Å². The predicted octanol–water partition coefficient (Wildman–Crippen LogP) is 1.30. The highest BCUT2D eigenvalue weighted by Gasteiger charge is 2.32. The van der Waals surface area contributed by atoms with Crippen LogP contribution in [0.25, 0.3) is 0 Å². The van der Waals surface area contributed by atoms with Crippen LogP contribution < -0.4 is 5.73 Å². The summed E-state index contributed by atoms with van der Waals surface area (Å²) in [6.45, 7) is 0.584. The Morgan fingerprint density at radius 2 is 2.15 bits per heavy atom. The normalized spacial score (nSPS) is 18.1. The standard InChI is InChI=1S/C12H12BrN3O4/c13-8-1-2-9(10(5-8)16(19)20)12(18)15-4-3-7(6-15)11(14)17/h1-2,5,7H,3-4,6H2,(H2,14,17)/t7-/m0/s1. The van der Waals surface area contributed by atoms with Gasteiger partial charge in [0.15, 0.2) is 0 Å². The number of carbonyl (C=O) groups is 2. The molecule has 1 fully saturated rings. The van der Waals surface area contributed by atoms with E-state index in [0.29, 0.717) is 17.4 Å². The first-order valence-corrected chi connectivity index (χ1v) is 6.72. The van der Waals surface area contributed by atoms with E-state index in [2.05, 4.69) is 15.9 Å². The van der Waals surface area contributed by atoms with Crippen LogP contribution in [0, 0.1) is 16.0 Å². The summed E-state index contributed by atoms with van der Waals surface area (Å²) in [7, 11) is 0. The molecule has 0 unspecified atom stereocenters. The number of hydrogen-bond acceptors (Lipinski definition) is 4. The largest absolute Gasteiger partial charge is 0.369 e. The molecule has 1 aliphatic rings. The van der Waals surface area contributed by atoms with Gasteiger partial charge >= 0.3 is 0 Å². The maximum absolute atomic E-state index is 12.3. The Kier molecular flexibility index (Phi) is 4.03. The second-order valence-electron chi connectivity index (χ2n) is 4.56. The number of likely N-dealkylation sites (tertiary alicyclic amines) is 1. The lowest BCUT2D eigenvalue weighted by molar-refractivity contribution is -0.385. The molecule has 7 nitrogen and oxygen atoms in total. The van der Waals surface area contributed by atoms with E-state index >= 15 is 0 Å². The Bertz CT molecular complexity index is 590. The van der Waals surface area contributed by atoms with E-state index in [4.69, 9.17) is 5.73 Å².